The van der Waals surface area contributed by atoms with Crippen molar-refractivity contribution in [1.82, 2.24) is 9.38 Å². The van der Waals surface area contributed by atoms with Gasteiger partial charge >= 0.3 is 0 Å². The van der Waals surface area contributed by atoms with Crippen molar-refractivity contribution in [2.45, 2.75) is 6.42 Å². The normalized spacial score (nSPS) is 11.3. The molecular weight excluding hydrogens is 332 g/mol. The van der Waals surface area contributed by atoms with E-state index in [1.807, 2.05) is 40.8 Å². The molecule has 0 radical (unpaired) electrons. The lowest BCUT2D eigenvalue weighted by Gasteiger charge is -2.07. The predicted octanol–water partition coefficient (Wildman–Crippen LogP) is 3.16. The largest absolute Gasteiger partial charge is 0.550 e. The van der Waals surface area contributed by atoms with Crippen molar-refractivity contribution >= 4 is 44.9 Å². The van der Waals surface area contributed by atoms with Crippen LogP contribution in [0.5, 0.6) is 0 Å². The molecule has 0 aliphatic rings. The summed E-state index contributed by atoms with van der Waals surface area (Å²) in [4.78, 5) is 17.2. The summed E-state index contributed by atoms with van der Waals surface area (Å²) in [5.41, 5.74) is 3.57. The molecule has 0 aliphatic carbocycles. The van der Waals surface area contributed by atoms with Crippen LogP contribution in [0, 0.1) is 0 Å². The Morgan fingerprint density at radius 1 is 1.17 bits per heavy atom. The van der Waals surface area contributed by atoms with E-state index in [0.29, 0.717) is 5.02 Å². The van der Waals surface area contributed by atoms with Gasteiger partial charge in [-0.2, -0.15) is 0 Å². The van der Waals surface area contributed by atoms with Crippen molar-refractivity contribution < 1.29 is 9.90 Å². The van der Waals surface area contributed by atoms with E-state index in [1.165, 1.54) is 11.3 Å². The van der Waals surface area contributed by atoms with Crippen LogP contribution in [0.25, 0.3) is 27.3 Å². The van der Waals surface area contributed by atoms with Crippen LogP contribution in [0.1, 0.15) is 4.88 Å². The van der Waals surface area contributed by atoms with Gasteiger partial charge in [0.2, 0.25) is 0 Å². The number of rotatable bonds is 3. The van der Waals surface area contributed by atoms with Crippen LogP contribution in [0.4, 0.5) is 0 Å². The van der Waals surface area contributed by atoms with Crippen LogP contribution in [0.15, 0.2) is 48.5 Å². The average molecular weight is 342 g/mol. The molecule has 0 saturated carbocycles. The van der Waals surface area contributed by atoms with Crippen LogP contribution in [0.3, 0.4) is 0 Å². The molecule has 0 N–H and O–H groups in total. The Bertz CT molecular complexity index is 1030. The van der Waals surface area contributed by atoms with Crippen LogP contribution >= 0.6 is 22.9 Å². The number of carbonyl (C=O) groups excluding carboxylic acids is 1. The summed E-state index contributed by atoms with van der Waals surface area (Å²) in [6.45, 7) is 0. The fourth-order valence-corrected chi connectivity index (χ4v) is 3.99. The first-order valence-corrected chi connectivity index (χ1v) is 8.17. The zero-order valence-electron chi connectivity index (χ0n) is 11.8. The second kappa shape index (κ2) is 5.37. The Kier molecular flexibility index (Phi) is 3.32. The molecule has 0 spiro atoms. The highest BCUT2D eigenvalue weighted by atomic mass is 35.5. The van der Waals surface area contributed by atoms with E-state index in [1.54, 1.807) is 12.1 Å². The lowest BCUT2D eigenvalue weighted by atomic mass is 10.1. The predicted molar refractivity (Wildman–Crippen MR) is 89.7 cm³/mol. The molecule has 2 heterocycles. The van der Waals surface area contributed by atoms with Crippen LogP contribution in [-0.2, 0) is 11.2 Å². The number of hydrogen-bond acceptors (Lipinski definition) is 4. The second-order valence-corrected chi connectivity index (χ2v) is 6.65. The molecule has 4 rings (SSSR count). The van der Waals surface area contributed by atoms with E-state index < -0.39 is 5.97 Å². The van der Waals surface area contributed by atoms with Crippen LogP contribution in [-0.4, -0.2) is 15.4 Å². The average Bonchev–Trinajstić information content (AvgIpc) is 3.03. The van der Waals surface area contributed by atoms with Crippen molar-refractivity contribution in [1.29, 1.82) is 0 Å². The summed E-state index contributed by atoms with van der Waals surface area (Å²) >= 11 is 7.34. The van der Waals surface area contributed by atoms with Gasteiger partial charge in [-0.15, -0.1) is 11.3 Å². The molecule has 2 aromatic carbocycles. The first-order valence-electron chi connectivity index (χ1n) is 6.98. The first-order chi connectivity index (χ1) is 11.1. The number of para-hydroxylation sites is 2. The molecule has 6 heteroatoms. The first kappa shape index (κ1) is 14.2. The molecular formula is C17H10ClN2O2S-. The maximum atomic E-state index is 11.1. The molecule has 2 aromatic heterocycles. The smallest absolute Gasteiger partial charge is 0.195 e. The molecule has 4 aromatic rings. The molecule has 0 atom stereocenters. The minimum absolute atomic E-state index is 0.139. The molecule has 114 valence electrons. The molecule has 0 bridgehead atoms. The highest BCUT2D eigenvalue weighted by molar-refractivity contribution is 7.17. The van der Waals surface area contributed by atoms with Crippen molar-refractivity contribution in [3.8, 4) is 11.3 Å². The van der Waals surface area contributed by atoms with Gasteiger partial charge in [-0.1, -0.05) is 35.9 Å². The van der Waals surface area contributed by atoms with E-state index in [-0.39, 0.29) is 6.42 Å². The Morgan fingerprint density at radius 2 is 1.91 bits per heavy atom. The SMILES string of the molecule is O=C([O-])Cc1sc2nc3ccccc3n2c1-c1ccc(Cl)cc1. The van der Waals surface area contributed by atoms with Gasteiger partial charge in [0.25, 0.3) is 0 Å². The number of carboxylic acid groups (broad SMARTS) is 1. The van der Waals surface area contributed by atoms with Gasteiger partial charge in [0.15, 0.2) is 4.96 Å². The zero-order valence-corrected chi connectivity index (χ0v) is 13.4. The second-order valence-electron chi connectivity index (χ2n) is 5.15. The van der Waals surface area contributed by atoms with Crippen LogP contribution < -0.4 is 5.11 Å². The zero-order chi connectivity index (χ0) is 16.0. The van der Waals surface area contributed by atoms with E-state index >= 15 is 0 Å². The van der Waals surface area contributed by atoms with Gasteiger partial charge < -0.3 is 9.90 Å². The molecule has 0 amide bonds. The highest BCUT2D eigenvalue weighted by Crippen LogP contribution is 2.35. The van der Waals surface area contributed by atoms with Crippen molar-refractivity contribution in [2.24, 2.45) is 0 Å². The van der Waals surface area contributed by atoms with Gasteiger partial charge in [-0.05, 0) is 29.8 Å². The van der Waals surface area contributed by atoms with E-state index in [9.17, 15) is 9.90 Å². The van der Waals surface area contributed by atoms with Gasteiger partial charge in [-0.3, -0.25) is 4.40 Å². The van der Waals surface area contributed by atoms with Gasteiger partial charge in [-0.25, -0.2) is 4.98 Å². The number of benzene rings is 2. The molecule has 23 heavy (non-hydrogen) atoms. The Balaban J connectivity index is 2.07. The summed E-state index contributed by atoms with van der Waals surface area (Å²) in [7, 11) is 0. The maximum absolute atomic E-state index is 11.1. The Labute approximate surface area is 140 Å². The Morgan fingerprint density at radius 3 is 2.65 bits per heavy atom. The number of aromatic nitrogens is 2. The topological polar surface area (TPSA) is 57.4 Å². The number of thiazole rings is 1. The molecule has 0 fully saturated rings. The minimum atomic E-state index is -1.10. The van der Waals surface area contributed by atoms with Gasteiger partial charge in [0, 0.05) is 22.3 Å². The quantitative estimate of drug-likeness (QED) is 0.575. The van der Waals surface area contributed by atoms with E-state index in [0.717, 1.165) is 32.1 Å². The number of carboxylic acids is 1. The summed E-state index contributed by atoms with van der Waals surface area (Å²) in [5, 5.41) is 11.7. The summed E-state index contributed by atoms with van der Waals surface area (Å²) in [6.07, 6.45) is -0.139. The number of aliphatic carboxylic acids is 1. The Hall–Kier alpha value is -2.37. The van der Waals surface area contributed by atoms with E-state index in [2.05, 4.69) is 4.98 Å². The third kappa shape index (κ3) is 2.38. The fraction of sp³-hybridized carbons (Fsp3) is 0.0588. The number of halogens is 1. The third-order valence-corrected chi connectivity index (χ3v) is 4.95. The molecule has 0 saturated heterocycles. The number of imidazole rings is 1. The lowest BCUT2D eigenvalue weighted by molar-refractivity contribution is -0.304. The summed E-state index contributed by atoms with van der Waals surface area (Å²) in [6, 6.07) is 15.2. The standard InChI is InChI=1S/C17H11ClN2O2S/c18-11-7-5-10(6-8-11)16-14(9-15(21)22)23-17-19-12-3-1-2-4-13(12)20(16)17/h1-8H,9H2,(H,21,22)/p-1. The number of carbonyl (C=O) groups is 1. The van der Waals surface area contributed by atoms with Gasteiger partial charge in [0.05, 0.1) is 16.7 Å². The molecule has 4 nitrogen and oxygen atoms in total. The number of fused-ring (bicyclic) bond motifs is 3. The third-order valence-electron chi connectivity index (χ3n) is 3.65. The summed E-state index contributed by atoms with van der Waals surface area (Å²) in [5.74, 6) is -1.10. The van der Waals surface area contributed by atoms with Crippen molar-refractivity contribution in [3.63, 3.8) is 0 Å². The van der Waals surface area contributed by atoms with Gasteiger partial charge in [0.1, 0.15) is 0 Å². The number of hydrogen-bond donors (Lipinski definition) is 0. The minimum Gasteiger partial charge on any atom is -0.550 e. The molecule has 0 unspecified atom stereocenters. The summed E-state index contributed by atoms with van der Waals surface area (Å²) < 4.78 is 2.00. The number of nitrogens with zero attached hydrogens (tertiary/aromatic N) is 2. The lowest BCUT2D eigenvalue weighted by Crippen LogP contribution is -2.24. The molecule has 0 aliphatic heterocycles. The maximum Gasteiger partial charge on any atom is 0.195 e. The van der Waals surface area contributed by atoms with Crippen molar-refractivity contribution in [3.05, 3.63) is 58.4 Å². The fourth-order valence-electron chi connectivity index (χ4n) is 2.72. The van der Waals surface area contributed by atoms with Crippen molar-refractivity contribution in [2.75, 3.05) is 0 Å². The monoisotopic (exact) mass is 341 g/mol. The van der Waals surface area contributed by atoms with E-state index in [4.69, 9.17) is 11.6 Å². The van der Waals surface area contributed by atoms with Crippen LogP contribution in [0.2, 0.25) is 5.02 Å². The highest BCUT2D eigenvalue weighted by Gasteiger charge is 2.18.